The fourth-order valence-electron chi connectivity index (χ4n) is 1.38. The molecule has 2 rings (SSSR count). The summed E-state index contributed by atoms with van der Waals surface area (Å²) in [4.78, 5) is 11.5. The quantitative estimate of drug-likeness (QED) is 0.586. The van der Waals surface area contributed by atoms with E-state index in [1.807, 2.05) is 0 Å². The zero-order chi connectivity index (χ0) is 10.8. The minimum absolute atomic E-state index is 0.0689. The number of halogens is 2. The molecule has 0 heterocycles. The highest BCUT2D eigenvalue weighted by Gasteiger charge is 2.27. The molecule has 0 spiro atoms. The first kappa shape index (κ1) is 10.8. The number of carbonyl (C=O) groups excluding carboxylic acids is 1. The van der Waals surface area contributed by atoms with Gasteiger partial charge in [-0.15, -0.1) is 0 Å². The maximum Gasteiger partial charge on any atom is 0.314 e. The van der Waals surface area contributed by atoms with Crippen LogP contribution in [-0.2, 0) is 4.79 Å². The number of hydrogen-bond acceptors (Lipinski definition) is 2. The van der Waals surface area contributed by atoms with Crippen molar-refractivity contribution in [3.63, 3.8) is 0 Å². The first-order valence-corrected chi connectivity index (χ1v) is 5.59. The Morgan fingerprint density at radius 2 is 2.00 bits per heavy atom. The van der Waals surface area contributed by atoms with Crippen molar-refractivity contribution in [1.82, 2.24) is 0 Å². The van der Waals surface area contributed by atoms with Gasteiger partial charge in [-0.2, -0.15) is 0 Å². The van der Waals surface area contributed by atoms with E-state index in [9.17, 15) is 4.79 Å². The van der Waals surface area contributed by atoms with Crippen LogP contribution in [0.25, 0.3) is 0 Å². The Morgan fingerprint density at radius 3 is 2.53 bits per heavy atom. The largest absolute Gasteiger partial charge is 0.426 e. The number of rotatable bonds is 2. The van der Waals surface area contributed by atoms with Crippen molar-refractivity contribution in [2.24, 2.45) is 5.92 Å². The van der Waals surface area contributed by atoms with Gasteiger partial charge >= 0.3 is 5.97 Å². The molecule has 0 radical (unpaired) electrons. The van der Waals surface area contributed by atoms with E-state index in [0.717, 1.165) is 19.3 Å². The molecule has 0 aliphatic heterocycles. The van der Waals surface area contributed by atoms with Gasteiger partial charge in [-0.25, -0.2) is 0 Å². The third-order valence-electron chi connectivity index (χ3n) is 2.55. The van der Waals surface area contributed by atoms with E-state index in [0.29, 0.717) is 15.8 Å². The van der Waals surface area contributed by atoms with Crippen LogP contribution in [0.15, 0.2) is 18.2 Å². The molecule has 0 aromatic heterocycles. The van der Waals surface area contributed by atoms with Crippen LogP contribution in [-0.4, -0.2) is 5.97 Å². The molecular weight excluding hydrogens is 235 g/mol. The zero-order valence-electron chi connectivity index (χ0n) is 8.00. The molecule has 1 aromatic carbocycles. The van der Waals surface area contributed by atoms with Crippen LogP contribution in [0.1, 0.15) is 19.3 Å². The molecular formula is C11H10Cl2O2. The second-order valence-electron chi connectivity index (χ2n) is 3.62. The van der Waals surface area contributed by atoms with Gasteiger partial charge < -0.3 is 4.74 Å². The van der Waals surface area contributed by atoms with E-state index >= 15 is 0 Å². The molecule has 1 fully saturated rings. The lowest BCUT2D eigenvalue weighted by Crippen LogP contribution is -2.26. The molecule has 0 N–H and O–H groups in total. The Morgan fingerprint density at radius 1 is 1.27 bits per heavy atom. The lowest BCUT2D eigenvalue weighted by molar-refractivity contribution is -0.141. The molecule has 1 aliphatic carbocycles. The number of esters is 1. The van der Waals surface area contributed by atoms with E-state index in [4.69, 9.17) is 27.9 Å². The lowest BCUT2D eigenvalue weighted by atomic mass is 9.86. The predicted octanol–water partition coefficient (Wildman–Crippen LogP) is 3.70. The summed E-state index contributed by atoms with van der Waals surface area (Å²) in [5, 5.41) is 0.857. The van der Waals surface area contributed by atoms with Crippen LogP contribution in [0.4, 0.5) is 0 Å². The van der Waals surface area contributed by atoms with Crippen molar-refractivity contribution in [1.29, 1.82) is 0 Å². The number of benzene rings is 1. The van der Waals surface area contributed by atoms with E-state index in [-0.39, 0.29) is 11.9 Å². The Bertz CT molecular complexity index is 386. The topological polar surface area (TPSA) is 26.3 Å². The van der Waals surface area contributed by atoms with Crippen molar-refractivity contribution < 1.29 is 9.53 Å². The fraction of sp³-hybridized carbons (Fsp3) is 0.364. The van der Waals surface area contributed by atoms with Gasteiger partial charge in [0.15, 0.2) is 0 Å². The summed E-state index contributed by atoms with van der Waals surface area (Å²) in [6.07, 6.45) is 2.97. The van der Waals surface area contributed by atoms with Gasteiger partial charge in [0.2, 0.25) is 0 Å². The maximum atomic E-state index is 11.5. The van der Waals surface area contributed by atoms with Crippen LogP contribution >= 0.6 is 23.2 Å². The first-order valence-electron chi connectivity index (χ1n) is 4.83. The average Bonchev–Trinajstić information content (AvgIpc) is 2.08. The van der Waals surface area contributed by atoms with Gasteiger partial charge in [0.1, 0.15) is 5.75 Å². The Kier molecular flexibility index (Phi) is 3.17. The third kappa shape index (κ3) is 2.44. The minimum Gasteiger partial charge on any atom is -0.426 e. The smallest absolute Gasteiger partial charge is 0.314 e. The number of ether oxygens (including phenoxy) is 1. The molecule has 0 saturated heterocycles. The molecule has 0 bridgehead atoms. The minimum atomic E-state index is -0.167. The van der Waals surface area contributed by atoms with Crippen LogP contribution in [0.5, 0.6) is 5.75 Å². The second-order valence-corrected chi connectivity index (χ2v) is 4.44. The molecule has 1 saturated carbocycles. The average molecular weight is 245 g/mol. The van der Waals surface area contributed by atoms with E-state index in [1.54, 1.807) is 18.2 Å². The van der Waals surface area contributed by atoms with Crippen molar-refractivity contribution in [3.8, 4) is 5.75 Å². The molecule has 0 unspecified atom stereocenters. The second kappa shape index (κ2) is 4.42. The van der Waals surface area contributed by atoms with Gasteiger partial charge in [-0.3, -0.25) is 4.79 Å². The highest BCUT2D eigenvalue weighted by molar-refractivity contribution is 6.42. The SMILES string of the molecule is O=C(Oc1ccc(Cl)c(Cl)c1)C1CCC1. The van der Waals surface area contributed by atoms with Crippen LogP contribution in [0, 0.1) is 5.92 Å². The van der Waals surface area contributed by atoms with Gasteiger partial charge in [-0.1, -0.05) is 29.6 Å². The van der Waals surface area contributed by atoms with Gasteiger partial charge in [0, 0.05) is 6.07 Å². The fourth-order valence-corrected chi connectivity index (χ4v) is 1.67. The molecule has 1 aromatic rings. The van der Waals surface area contributed by atoms with Crippen LogP contribution < -0.4 is 4.74 Å². The van der Waals surface area contributed by atoms with Crippen molar-refractivity contribution in [2.45, 2.75) is 19.3 Å². The molecule has 2 nitrogen and oxygen atoms in total. The normalized spacial score (nSPS) is 15.9. The molecule has 0 amide bonds. The number of hydrogen-bond donors (Lipinski definition) is 0. The van der Waals surface area contributed by atoms with Crippen molar-refractivity contribution in [3.05, 3.63) is 28.2 Å². The molecule has 80 valence electrons. The summed E-state index contributed by atoms with van der Waals surface area (Å²) in [5.41, 5.74) is 0. The molecule has 1 aliphatic rings. The summed E-state index contributed by atoms with van der Waals surface area (Å²) in [7, 11) is 0. The molecule has 4 heteroatoms. The summed E-state index contributed by atoms with van der Waals surface area (Å²) in [5.74, 6) is 0.361. The van der Waals surface area contributed by atoms with Crippen molar-refractivity contribution in [2.75, 3.05) is 0 Å². The van der Waals surface area contributed by atoms with Crippen LogP contribution in [0.3, 0.4) is 0 Å². The van der Waals surface area contributed by atoms with E-state index in [2.05, 4.69) is 0 Å². The molecule has 0 atom stereocenters. The summed E-state index contributed by atoms with van der Waals surface area (Å²) in [6, 6.07) is 4.82. The summed E-state index contributed by atoms with van der Waals surface area (Å²) >= 11 is 11.5. The van der Waals surface area contributed by atoms with Crippen molar-refractivity contribution >= 4 is 29.2 Å². The van der Waals surface area contributed by atoms with Gasteiger partial charge in [-0.05, 0) is 25.0 Å². The monoisotopic (exact) mass is 244 g/mol. The first-order chi connectivity index (χ1) is 7.16. The van der Waals surface area contributed by atoms with Crippen LogP contribution in [0.2, 0.25) is 10.0 Å². The van der Waals surface area contributed by atoms with Gasteiger partial charge in [0.05, 0.1) is 16.0 Å². The standard InChI is InChI=1S/C11H10Cl2O2/c12-9-5-4-8(6-10(9)13)15-11(14)7-2-1-3-7/h4-7H,1-3H2. The lowest BCUT2D eigenvalue weighted by Gasteiger charge is -2.22. The molecule has 15 heavy (non-hydrogen) atoms. The Labute approximate surface area is 98.1 Å². The Balaban J connectivity index is 2.03. The van der Waals surface area contributed by atoms with E-state index < -0.39 is 0 Å². The maximum absolute atomic E-state index is 11.5. The Hall–Kier alpha value is -0.730. The highest BCUT2D eigenvalue weighted by atomic mass is 35.5. The highest BCUT2D eigenvalue weighted by Crippen LogP contribution is 2.30. The van der Waals surface area contributed by atoms with E-state index in [1.165, 1.54) is 0 Å². The zero-order valence-corrected chi connectivity index (χ0v) is 9.52. The number of carbonyl (C=O) groups is 1. The predicted molar refractivity (Wildman–Crippen MR) is 59.4 cm³/mol. The van der Waals surface area contributed by atoms with Gasteiger partial charge in [0.25, 0.3) is 0 Å². The summed E-state index contributed by atoms with van der Waals surface area (Å²) in [6.45, 7) is 0. The summed E-state index contributed by atoms with van der Waals surface area (Å²) < 4.78 is 5.17. The third-order valence-corrected chi connectivity index (χ3v) is 3.29.